The van der Waals surface area contributed by atoms with E-state index in [1.165, 1.54) is 40.1 Å². The van der Waals surface area contributed by atoms with E-state index in [0.29, 0.717) is 0 Å². The van der Waals surface area contributed by atoms with Gasteiger partial charge in [-0.15, -0.1) is 22.7 Å². The van der Waals surface area contributed by atoms with Crippen LogP contribution in [0.1, 0.15) is 53.5 Å². The van der Waals surface area contributed by atoms with Crippen molar-refractivity contribution in [3.8, 4) is 0 Å². The summed E-state index contributed by atoms with van der Waals surface area (Å²) in [6.07, 6.45) is 5.34. The summed E-state index contributed by atoms with van der Waals surface area (Å²) in [6, 6.07) is 11.1. The predicted molar refractivity (Wildman–Crippen MR) is 129 cm³/mol. The molecule has 32 heavy (non-hydrogen) atoms. The molecule has 1 aliphatic rings. The van der Waals surface area contributed by atoms with E-state index in [4.69, 9.17) is 0 Å². The lowest BCUT2D eigenvalue weighted by Crippen LogP contribution is -2.48. The second kappa shape index (κ2) is 10.4. The molecule has 1 atom stereocenters. The van der Waals surface area contributed by atoms with Crippen LogP contribution in [-0.2, 0) is 16.0 Å². The molecule has 1 N–H and O–H groups in total. The van der Waals surface area contributed by atoms with Crippen molar-refractivity contribution in [2.24, 2.45) is 0 Å². The van der Waals surface area contributed by atoms with Crippen LogP contribution < -0.4 is 10.2 Å². The highest BCUT2D eigenvalue weighted by atomic mass is 32.1. The van der Waals surface area contributed by atoms with Crippen LogP contribution in [0.25, 0.3) is 0 Å². The van der Waals surface area contributed by atoms with Crippen LogP contribution in [0.4, 0.5) is 10.1 Å². The summed E-state index contributed by atoms with van der Waals surface area (Å²) in [7, 11) is 0. The summed E-state index contributed by atoms with van der Waals surface area (Å²) >= 11 is 2.91. The van der Waals surface area contributed by atoms with E-state index in [-0.39, 0.29) is 30.0 Å². The molecule has 0 bridgehead atoms. The van der Waals surface area contributed by atoms with E-state index in [1.54, 1.807) is 18.2 Å². The minimum atomic E-state index is -0.915. The summed E-state index contributed by atoms with van der Waals surface area (Å²) in [5.41, 5.74) is 1.05. The highest BCUT2D eigenvalue weighted by Crippen LogP contribution is 2.35. The quantitative estimate of drug-likeness (QED) is 0.459. The second-order valence-corrected chi connectivity index (χ2v) is 10.2. The third kappa shape index (κ3) is 5.10. The summed E-state index contributed by atoms with van der Waals surface area (Å²) in [6.45, 7) is 1.93. The van der Waals surface area contributed by atoms with Crippen LogP contribution in [0.2, 0.25) is 0 Å². The molecule has 4 rings (SSSR count). The number of thiophene rings is 2. The van der Waals surface area contributed by atoms with E-state index < -0.39 is 11.9 Å². The van der Waals surface area contributed by atoms with E-state index in [2.05, 4.69) is 5.32 Å². The molecular formula is C25H27FN2O2S2. The van der Waals surface area contributed by atoms with Crippen LogP contribution in [0.3, 0.4) is 0 Å². The van der Waals surface area contributed by atoms with Gasteiger partial charge in [0.05, 0.1) is 12.1 Å². The van der Waals surface area contributed by atoms with Gasteiger partial charge in [-0.2, -0.15) is 0 Å². The number of halogens is 1. The van der Waals surface area contributed by atoms with Gasteiger partial charge < -0.3 is 5.32 Å². The normalized spacial score (nSPS) is 15.3. The first-order chi connectivity index (χ1) is 15.5. The Balaban J connectivity index is 1.75. The van der Waals surface area contributed by atoms with Crippen LogP contribution in [0.15, 0.2) is 53.2 Å². The highest BCUT2D eigenvalue weighted by Gasteiger charge is 2.36. The molecule has 3 aromatic rings. The first-order valence-corrected chi connectivity index (χ1v) is 12.7. The monoisotopic (exact) mass is 470 g/mol. The summed E-state index contributed by atoms with van der Waals surface area (Å²) in [4.78, 5) is 30.3. The van der Waals surface area contributed by atoms with Crippen molar-refractivity contribution in [1.82, 2.24) is 5.32 Å². The number of para-hydroxylation sites is 1. The number of nitrogens with zero attached hydrogens (tertiary/aromatic N) is 1. The Kier molecular flexibility index (Phi) is 7.37. The van der Waals surface area contributed by atoms with Crippen LogP contribution in [-0.4, -0.2) is 17.9 Å². The van der Waals surface area contributed by atoms with Crippen molar-refractivity contribution in [1.29, 1.82) is 0 Å². The number of rotatable bonds is 7. The Morgan fingerprint density at radius 3 is 2.50 bits per heavy atom. The Hall–Kier alpha value is -2.51. The van der Waals surface area contributed by atoms with Gasteiger partial charge in [0.2, 0.25) is 11.8 Å². The average molecular weight is 471 g/mol. The van der Waals surface area contributed by atoms with Gasteiger partial charge in [0.15, 0.2) is 6.04 Å². The van der Waals surface area contributed by atoms with Crippen LogP contribution in [0.5, 0.6) is 0 Å². The van der Waals surface area contributed by atoms with Gasteiger partial charge in [-0.25, -0.2) is 4.39 Å². The first-order valence-electron chi connectivity index (χ1n) is 11.0. The maximum absolute atomic E-state index is 15.0. The number of carbonyl (C=O) groups is 2. The number of amides is 2. The maximum atomic E-state index is 15.0. The topological polar surface area (TPSA) is 49.4 Å². The number of anilines is 1. The lowest BCUT2D eigenvalue weighted by molar-refractivity contribution is -0.127. The Bertz CT molecular complexity index is 1060. The van der Waals surface area contributed by atoms with Gasteiger partial charge in [-0.05, 0) is 60.4 Å². The summed E-state index contributed by atoms with van der Waals surface area (Å²) < 4.78 is 15.0. The predicted octanol–water partition coefficient (Wildman–Crippen LogP) is 6.02. The smallest absolute Gasteiger partial charge is 0.248 e. The zero-order valence-corrected chi connectivity index (χ0v) is 19.7. The van der Waals surface area contributed by atoms with Gasteiger partial charge in [0, 0.05) is 15.8 Å². The minimum Gasteiger partial charge on any atom is -0.351 e. The van der Waals surface area contributed by atoms with Crippen molar-refractivity contribution >= 4 is 40.2 Å². The molecule has 4 nitrogen and oxygen atoms in total. The zero-order valence-electron chi connectivity index (χ0n) is 18.1. The molecule has 2 aromatic heterocycles. The lowest BCUT2D eigenvalue weighted by atomic mass is 9.95. The summed E-state index contributed by atoms with van der Waals surface area (Å²) in [5, 5.41) is 6.99. The molecule has 0 radical (unpaired) electrons. The van der Waals surface area contributed by atoms with E-state index >= 15 is 0 Å². The molecular weight excluding hydrogens is 443 g/mol. The fourth-order valence-corrected chi connectivity index (χ4v) is 5.97. The fourth-order valence-electron chi connectivity index (χ4n) is 4.26. The van der Waals surface area contributed by atoms with Gasteiger partial charge in [-0.3, -0.25) is 14.5 Å². The minimum absolute atomic E-state index is 0.0916. The molecule has 0 unspecified atom stereocenters. The summed E-state index contributed by atoms with van der Waals surface area (Å²) in [5.74, 6) is -1.06. The van der Waals surface area contributed by atoms with Gasteiger partial charge in [-0.1, -0.05) is 37.5 Å². The molecule has 0 spiro atoms. The third-order valence-corrected chi connectivity index (χ3v) is 7.84. The molecule has 1 saturated carbocycles. The number of benzene rings is 1. The Morgan fingerprint density at radius 2 is 1.84 bits per heavy atom. The van der Waals surface area contributed by atoms with Gasteiger partial charge in [0.25, 0.3) is 0 Å². The number of carbonyl (C=O) groups excluding carboxylic acids is 2. The maximum Gasteiger partial charge on any atom is 0.248 e. The van der Waals surface area contributed by atoms with E-state index in [1.807, 2.05) is 35.9 Å². The molecule has 7 heteroatoms. The van der Waals surface area contributed by atoms with E-state index in [9.17, 15) is 14.0 Å². The van der Waals surface area contributed by atoms with Crippen molar-refractivity contribution in [3.63, 3.8) is 0 Å². The van der Waals surface area contributed by atoms with Crippen molar-refractivity contribution in [2.45, 2.75) is 57.5 Å². The fraction of sp³-hybridized carbons (Fsp3) is 0.360. The molecule has 1 aliphatic carbocycles. The molecule has 0 aliphatic heterocycles. The first kappa shape index (κ1) is 22.7. The molecule has 168 valence electrons. The molecule has 1 fully saturated rings. The number of nitrogens with one attached hydrogen (secondary N) is 1. The SMILES string of the molecule is Cc1ccsc1[C@H](C(=O)NC1CCCCC1)N(C(=O)Cc1cccs1)c1ccccc1F. The number of hydrogen-bond donors (Lipinski definition) is 1. The van der Waals surface area contributed by atoms with Gasteiger partial charge >= 0.3 is 0 Å². The number of aryl methyl sites for hydroxylation is 1. The van der Waals surface area contributed by atoms with Crippen LogP contribution in [0, 0.1) is 12.7 Å². The molecule has 2 amide bonds. The molecule has 2 heterocycles. The third-order valence-electron chi connectivity index (χ3n) is 5.89. The standard InChI is InChI=1S/C25H27FN2O2S2/c1-17-13-15-32-24(17)23(25(30)27-18-8-3-2-4-9-18)28(21-12-6-5-11-20(21)26)22(29)16-19-10-7-14-31-19/h5-7,10-15,18,23H,2-4,8-9,16H2,1H3,(H,27,30)/t23-/m1/s1. The molecule has 1 aromatic carbocycles. The molecule has 0 saturated heterocycles. The second-order valence-electron chi connectivity index (χ2n) is 8.19. The van der Waals surface area contributed by atoms with Crippen molar-refractivity contribution in [3.05, 3.63) is 74.4 Å². The van der Waals surface area contributed by atoms with Gasteiger partial charge in [0.1, 0.15) is 5.82 Å². The Labute approximate surface area is 196 Å². The van der Waals surface area contributed by atoms with Crippen molar-refractivity contribution < 1.29 is 14.0 Å². The van der Waals surface area contributed by atoms with E-state index in [0.717, 1.165) is 41.0 Å². The highest BCUT2D eigenvalue weighted by molar-refractivity contribution is 7.10. The lowest BCUT2D eigenvalue weighted by Gasteiger charge is -2.33. The number of hydrogen-bond acceptors (Lipinski definition) is 4. The zero-order chi connectivity index (χ0) is 22.5. The van der Waals surface area contributed by atoms with Crippen LogP contribution >= 0.6 is 22.7 Å². The Morgan fingerprint density at radius 1 is 1.06 bits per heavy atom. The average Bonchev–Trinajstić information content (AvgIpc) is 3.45. The largest absolute Gasteiger partial charge is 0.351 e. The van der Waals surface area contributed by atoms with Crippen molar-refractivity contribution in [2.75, 3.05) is 4.90 Å².